The van der Waals surface area contributed by atoms with Crippen molar-refractivity contribution in [2.24, 2.45) is 0 Å². The molecule has 0 amide bonds. The Kier molecular flexibility index (Phi) is 45.9. The van der Waals surface area contributed by atoms with Crippen LogP contribution in [-0.2, 0) is 32.7 Å². The zero-order valence-electron chi connectivity index (χ0n) is 43.5. The number of carbonyl (C=O) groups is 2. The van der Waals surface area contributed by atoms with Crippen LogP contribution in [0.15, 0.2) is 122 Å². The van der Waals surface area contributed by atoms with Crippen molar-refractivity contribution in [2.75, 3.05) is 47.5 Å². The number of likely N-dealkylation sites (N-methyl/N-ethyl adjacent to an activating group) is 1. The summed E-state index contributed by atoms with van der Waals surface area (Å²) in [5, 5.41) is 0. The van der Waals surface area contributed by atoms with Gasteiger partial charge in [-0.25, -0.2) is 4.57 Å². The molecule has 0 fully saturated rings. The molecule has 0 spiro atoms. The molecule has 0 saturated carbocycles. The number of hydrogen-bond donors (Lipinski definition) is 1. The van der Waals surface area contributed by atoms with Gasteiger partial charge in [-0.3, -0.25) is 18.6 Å². The molecular formula is C58H97NO8P+. The van der Waals surface area contributed by atoms with E-state index in [2.05, 4.69) is 135 Å². The van der Waals surface area contributed by atoms with Crippen molar-refractivity contribution < 1.29 is 42.1 Å². The van der Waals surface area contributed by atoms with Gasteiger partial charge in [0.2, 0.25) is 0 Å². The van der Waals surface area contributed by atoms with Crippen molar-refractivity contribution in [3.63, 3.8) is 0 Å². The number of phosphoric ester groups is 1. The van der Waals surface area contributed by atoms with E-state index in [1.807, 2.05) is 21.1 Å². The van der Waals surface area contributed by atoms with Crippen molar-refractivity contribution in [2.45, 2.75) is 187 Å². The van der Waals surface area contributed by atoms with Gasteiger partial charge in [0, 0.05) is 12.8 Å². The van der Waals surface area contributed by atoms with Crippen molar-refractivity contribution >= 4 is 19.8 Å². The number of allylic oxidation sites excluding steroid dienone is 20. The van der Waals surface area contributed by atoms with Gasteiger partial charge in [0.05, 0.1) is 27.7 Å². The molecule has 0 aliphatic rings. The Morgan fingerprint density at radius 2 is 0.794 bits per heavy atom. The fourth-order valence-corrected chi connectivity index (χ4v) is 7.22. The standard InChI is InChI=1S/C58H96NO8P/c1-6-8-10-12-14-16-18-20-22-24-26-28-29-31-33-35-37-39-41-43-45-47-49-51-58(61)67-56(55-66-68(62,63)65-53-52-59(3,4)5)54-64-57(60)50-48-46-44-42-40-38-36-34-32-30-27-25-23-21-19-17-15-13-11-9-7-2/h8-11,14-17,20-23,26-28,30-31,33,37,39,56H,6-7,12-13,18-19,24-25,29,32,34-36,38,40-55H2,1-5H3/p+1/b10-8-,11-9-,16-14-,17-15-,22-20-,23-21-,28-26-,30-27-,33-31-,39-37-. The van der Waals surface area contributed by atoms with E-state index in [0.29, 0.717) is 17.4 Å². The molecule has 9 nitrogen and oxygen atoms in total. The highest BCUT2D eigenvalue weighted by Gasteiger charge is 2.27. The summed E-state index contributed by atoms with van der Waals surface area (Å²) < 4.78 is 34.5. The SMILES string of the molecule is CC/C=C\C/C=C\C/C=C\C/C=C\C/C=C\C/C=C\CCCCCCC(=O)OC(COC(=O)CCCCCCCCCC/C=C\C/C=C\C/C=C\C/C=C\CC)COP(=O)(O)OCC[N+](C)(C)C. The molecule has 0 aliphatic carbocycles. The van der Waals surface area contributed by atoms with Gasteiger partial charge in [0.15, 0.2) is 6.10 Å². The molecule has 2 atom stereocenters. The Bertz CT molecular complexity index is 1560. The molecule has 386 valence electrons. The third kappa shape index (κ3) is 51.8. The number of hydrogen-bond acceptors (Lipinski definition) is 7. The maximum Gasteiger partial charge on any atom is 0.472 e. The molecule has 1 N–H and O–H groups in total. The third-order valence-corrected chi connectivity index (χ3v) is 11.5. The monoisotopic (exact) mass is 967 g/mol. The predicted molar refractivity (Wildman–Crippen MR) is 288 cm³/mol. The fourth-order valence-electron chi connectivity index (χ4n) is 6.48. The van der Waals surface area contributed by atoms with Crippen LogP contribution in [0.25, 0.3) is 0 Å². The summed E-state index contributed by atoms with van der Waals surface area (Å²) in [6, 6.07) is 0. The van der Waals surface area contributed by atoms with E-state index in [1.165, 1.54) is 25.7 Å². The molecule has 0 heterocycles. The first kappa shape index (κ1) is 64.4. The van der Waals surface area contributed by atoms with E-state index in [4.69, 9.17) is 18.5 Å². The van der Waals surface area contributed by atoms with Gasteiger partial charge in [-0.05, 0) is 103 Å². The minimum absolute atomic E-state index is 0.0174. The Morgan fingerprint density at radius 3 is 1.18 bits per heavy atom. The van der Waals surface area contributed by atoms with Crippen LogP contribution in [-0.4, -0.2) is 74.9 Å². The van der Waals surface area contributed by atoms with Gasteiger partial charge < -0.3 is 18.9 Å². The normalized spacial score (nSPS) is 14.4. The van der Waals surface area contributed by atoms with Gasteiger partial charge >= 0.3 is 19.8 Å². The number of quaternary nitrogens is 1. The summed E-state index contributed by atoms with van der Waals surface area (Å²) in [6.45, 7) is 4.14. The molecule has 2 unspecified atom stereocenters. The smallest absolute Gasteiger partial charge is 0.462 e. The molecule has 0 bridgehead atoms. The Hall–Kier alpha value is -3.59. The Balaban J connectivity index is 4.35. The first-order valence-corrected chi connectivity index (χ1v) is 27.8. The molecule has 10 heteroatoms. The van der Waals surface area contributed by atoms with Crippen LogP contribution < -0.4 is 0 Å². The van der Waals surface area contributed by atoms with Crippen LogP contribution in [0.2, 0.25) is 0 Å². The second-order valence-corrected chi connectivity index (χ2v) is 19.6. The van der Waals surface area contributed by atoms with Crippen LogP contribution >= 0.6 is 7.82 Å². The second-order valence-electron chi connectivity index (χ2n) is 18.1. The van der Waals surface area contributed by atoms with Gasteiger partial charge in [0.1, 0.15) is 19.8 Å². The van der Waals surface area contributed by atoms with Crippen LogP contribution in [0, 0.1) is 0 Å². The summed E-state index contributed by atoms with van der Waals surface area (Å²) in [4.78, 5) is 35.6. The summed E-state index contributed by atoms with van der Waals surface area (Å²) in [5.74, 6) is -0.847. The minimum atomic E-state index is -4.40. The maximum atomic E-state index is 12.8. The highest BCUT2D eigenvalue weighted by Crippen LogP contribution is 2.43. The van der Waals surface area contributed by atoms with Crippen LogP contribution in [0.3, 0.4) is 0 Å². The van der Waals surface area contributed by atoms with Gasteiger partial charge in [-0.1, -0.05) is 187 Å². The van der Waals surface area contributed by atoms with Crippen LogP contribution in [0.4, 0.5) is 0 Å². The first-order valence-electron chi connectivity index (χ1n) is 26.3. The van der Waals surface area contributed by atoms with Crippen LogP contribution in [0.5, 0.6) is 0 Å². The fraction of sp³-hybridized carbons (Fsp3) is 0.621. The predicted octanol–water partition coefficient (Wildman–Crippen LogP) is 16.0. The maximum absolute atomic E-state index is 12.8. The van der Waals surface area contributed by atoms with Crippen molar-refractivity contribution in [1.29, 1.82) is 0 Å². The quantitative estimate of drug-likeness (QED) is 0.0211. The lowest BCUT2D eigenvalue weighted by molar-refractivity contribution is -0.870. The Labute approximate surface area is 416 Å². The molecular weight excluding hydrogens is 870 g/mol. The van der Waals surface area contributed by atoms with Crippen molar-refractivity contribution in [1.82, 2.24) is 0 Å². The molecule has 68 heavy (non-hydrogen) atoms. The summed E-state index contributed by atoms with van der Waals surface area (Å²) in [7, 11) is 1.43. The number of ether oxygens (including phenoxy) is 2. The zero-order chi connectivity index (χ0) is 49.9. The van der Waals surface area contributed by atoms with E-state index in [-0.39, 0.29) is 32.0 Å². The van der Waals surface area contributed by atoms with Crippen molar-refractivity contribution in [3.8, 4) is 0 Å². The number of nitrogens with zero attached hydrogens (tertiary/aromatic N) is 1. The largest absolute Gasteiger partial charge is 0.472 e. The minimum Gasteiger partial charge on any atom is -0.462 e. The van der Waals surface area contributed by atoms with E-state index < -0.39 is 26.5 Å². The number of phosphoric acid groups is 1. The highest BCUT2D eigenvalue weighted by molar-refractivity contribution is 7.47. The highest BCUT2D eigenvalue weighted by atomic mass is 31.2. The Morgan fingerprint density at radius 1 is 0.456 bits per heavy atom. The van der Waals surface area contributed by atoms with Gasteiger partial charge in [-0.2, -0.15) is 0 Å². The molecule has 0 aromatic carbocycles. The summed E-state index contributed by atoms with van der Waals surface area (Å²) in [5.41, 5.74) is 0. The lowest BCUT2D eigenvalue weighted by Crippen LogP contribution is -2.37. The number of unbranched alkanes of at least 4 members (excludes halogenated alkanes) is 12. The molecule has 0 rings (SSSR count). The van der Waals surface area contributed by atoms with Gasteiger partial charge in [0.25, 0.3) is 0 Å². The summed E-state index contributed by atoms with van der Waals surface area (Å²) >= 11 is 0. The molecule has 0 aromatic heterocycles. The zero-order valence-corrected chi connectivity index (χ0v) is 44.4. The van der Waals surface area contributed by atoms with Crippen molar-refractivity contribution in [3.05, 3.63) is 122 Å². The lowest BCUT2D eigenvalue weighted by Gasteiger charge is -2.24. The molecule has 0 aromatic rings. The average molecular weight is 967 g/mol. The van der Waals surface area contributed by atoms with Crippen LogP contribution in [0.1, 0.15) is 181 Å². The average Bonchev–Trinajstić information content (AvgIpc) is 3.30. The van der Waals surface area contributed by atoms with E-state index >= 15 is 0 Å². The number of esters is 2. The first-order chi connectivity index (χ1) is 33.0. The van der Waals surface area contributed by atoms with Gasteiger partial charge in [-0.15, -0.1) is 0 Å². The number of carbonyl (C=O) groups excluding carboxylic acids is 2. The summed E-state index contributed by atoms with van der Waals surface area (Å²) in [6.07, 6.45) is 68.2. The second kappa shape index (κ2) is 48.4. The van der Waals surface area contributed by atoms with E-state index in [9.17, 15) is 19.0 Å². The number of rotatable bonds is 46. The molecule has 0 radical (unpaired) electrons. The van der Waals surface area contributed by atoms with E-state index in [0.717, 1.165) is 122 Å². The van der Waals surface area contributed by atoms with E-state index in [1.54, 1.807) is 0 Å². The topological polar surface area (TPSA) is 108 Å². The third-order valence-electron chi connectivity index (χ3n) is 10.5. The lowest BCUT2D eigenvalue weighted by atomic mass is 10.1. The molecule has 0 aliphatic heterocycles. The molecule has 0 saturated heterocycles.